The quantitative estimate of drug-likeness (QED) is 0.942. The van der Waals surface area contributed by atoms with Crippen molar-refractivity contribution >= 4 is 0 Å². The summed E-state index contributed by atoms with van der Waals surface area (Å²) in [7, 11) is 0. The molecule has 4 nitrogen and oxygen atoms in total. The summed E-state index contributed by atoms with van der Waals surface area (Å²) in [4.78, 5) is 4.11. The summed E-state index contributed by atoms with van der Waals surface area (Å²) in [5.41, 5.74) is 1.33. The van der Waals surface area contributed by atoms with Gasteiger partial charge in [-0.3, -0.25) is 0 Å². The molecule has 2 aromatic rings. The van der Waals surface area contributed by atoms with Crippen molar-refractivity contribution in [2.24, 2.45) is 5.92 Å². The van der Waals surface area contributed by atoms with E-state index in [0.717, 1.165) is 31.6 Å². The summed E-state index contributed by atoms with van der Waals surface area (Å²) in [6, 6.07) is 8.16. The van der Waals surface area contributed by atoms with Crippen LogP contribution in [0.1, 0.15) is 43.9 Å². The number of benzene rings is 1. The van der Waals surface area contributed by atoms with Crippen LogP contribution in [0.4, 0.5) is 0 Å². The predicted molar refractivity (Wildman–Crippen MR) is 85.3 cm³/mol. The summed E-state index contributed by atoms with van der Waals surface area (Å²) in [5, 5.41) is 10.0. The van der Waals surface area contributed by atoms with E-state index >= 15 is 0 Å². The summed E-state index contributed by atoms with van der Waals surface area (Å²) < 4.78 is 8.09. The van der Waals surface area contributed by atoms with Gasteiger partial charge in [-0.15, -0.1) is 0 Å². The predicted octanol–water partition coefficient (Wildman–Crippen LogP) is 3.28. The lowest BCUT2D eigenvalue weighted by Crippen LogP contribution is -2.23. The van der Waals surface area contributed by atoms with Gasteiger partial charge in [0.2, 0.25) is 0 Å². The molecule has 1 aliphatic heterocycles. The van der Waals surface area contributed by atoms with E-state index in [2.05, 4.69) is 21.7 Å². The minimum atomic E-state index is -0.796. The van der Waals surface area contributed by atoms with Gasteiger partial charge in [-0.05, 0) is 43.7 Å². The Morgan fingerprint density at radius 3 is 2.73 bits per heavy atom. The molecule has 1 N–H and O–H groups in total. The van der Waals surface area contributed by atoms with Crippen molar-refractivity contribution in [3.63, 3.8) is 0 Å². The maximum Gasteiger partial charge on any atom is 0.0945 e. The fourth-order valence-corrected chi connectivity index (χ4v) is 3.06. The second kappa shape index (κ2) is 6.23. The molecule has 1 saturated heterocycles. The Kier molecular flexibility index (Phi) is 4.32. The third kappa shape index (κ3) is 3.57. The Labute approximate surface area is 131 Å². The van der Waals surface area contributed by atoms with E-state index in [1.54, 1.807) is 13.8 Å². The van der Waals surface area contributed by atoms with Crippen molar-refractivity contribution in [1.29, 1.82) is 0 Å². The smallest absolute Gasteiger partial charge is 0.0945 e. The second-order valence-electron chi connectivity index (χ2n) is 6.69. The molecule has 1 aliphatic rings. The van der Waals surface area contributed by atoms with Crippen LogP contribution in [-0.2, 0) is 16.9 Å². The molecule has 0 bridgehead atoms. The third-order valence-corrected chi connectivity index (χ3v) is 4.41. The highest BCUT2D eigenvalue weighted by Gasteiger charge is 2.25. The van der Waals surface area contributed by atoms with Gasteiger partial charge in [-0.2, -0.15) is 0 Å². The van der Waals surface area contributed by atoms with Crippen LogP contribution in [0.3, 0.4) is 0 Å². The van der Waals surface area contributed by atoms with Crippen LogP contribution in [-0.4, -0.2) is 21.3 Å². The van der Waals surface area contributed by atoms with Gasteiger partial charge in [-0.25, -0.2) is 4.98 Å². The number of aliphatic hydroxyl groups is 1. The van der Waals surface area contributed by atoms with Crippen molar-refractivity contribution in [3.8, 4) is 0 Å². The first kappa shape index (κ1) is 15.3. The molecule has 0 spiro atoms. The zero-order chi connectivity index (χ0) is 15.6. The molecule has 118 valence electrons. The fraction of sp³-hybridized carbons (Fsp3) is 0.500. The van der Waals surface area contributed by atoms with E-state index in [0.29, 0.717) is 5.92 Å². The van der Waals surface area contributed by atoms with Gasteiger partial charge in [0.05, 0.1) is 18.0 Å². The highest BCUT2D eigenvalue weighted by Crippen LogP contribution is 2.33. The summed E-state index contributed by atoms with van der Waals surface area (Å²) >= 11 is 0. The lowest BCUT2D eigenvalue weighted by molar-refractivity contribution is -0.0139. The topological polar surface area (TPSA) is 47.3 Å². The summed E-state index contributed by atoms with van der Waals surface area (Å²) in [6.07, 6.45) is 7.99. The lowest BCUT2D eigenvalue weighted by Gasteiger charge is -2.30. The number of aromatic nitrogens is 2. The number of imidazole rings is 1. The molecule has 2 atom stereocenters. The first-order chi connectivity index (χ1) is 10.5. The van der Waals surface area contributed by atoms with Crippen LogP contribution in [0.15, 0.2) is 43.0 Å². The lowest BCUT2D eigenvalue weighted by atomic mass is 9.90. The molecule has 0 amide bonds. The largest absolute Gasteiger partial charge is 0.386 e. The van der Waals surface area contributed by atoms with E-state index in [4.69, 9.17) is 4.74 Å². The van der Waals surface area contributed by atoms with Crippen molar-refractivity contribution in [2.45, 2.75) is 44.9 Å². The minimum Gasteiger partial charge on any atom is -0.386 e. The van der Waals surface area contributed by atoms with Gasteiger partial charge in [0, 0.05) is 25.5 Å². The molecule has 3 rings (SSSR count). The first-order valence-corrected chi connectivity index (χ1v) is 7.92. The van der Waals surface area contributed by atoms with Crippen LogP contribution in [0.2, 0.25) is 0 Å². The molecule has 22 heavy (non-hydrogen) atoms. The zero-order valence-corrected chi connectivity index (χ0v) is 13.3. The van der Waals surface area contributed by atoms with Crippen molar-refractivity contribution in [1.82, 2.24) is 9.55 Å². The number of ether oxygens (including phenoxy) is 1. The van der Waals surface area contributed by atoms with Crippen molar-refractivity contribution in [3.05, 3.63) is 54.1 Å². The average Bonchev–Trinajstić information content (AvgIpc) is 3.00. The Morgan fingerprint density at radius 2 is 2.09 bits per heavy atom. The van der Waals surface area contributed by atoms with Gasteiger partial charge < -0.3 is 14.4 Å². The van der Waals surface area contributed by atoms with Gasteiger partial charge in [0.25, 0.3) is 0 Å². The SMILES string of the molecule is CC(C)(O)c1ccc(C2CC(Cn3ccnc3)CCO2)cc1. The minimum absolute atomic E-state index is 0.151. The zero-order valence-electron chi connectivity index (χ0n) is 13.3. The second-order valence-corrected chi connectivity index (χ2v) is 6.69. The van der Waals surface area contributed by atoms with Crippen LogP contribution >= 0.6 is 0 Å². The van der Waals surface area contributed by atoms with Gasteiger partial charge in [0.15, 0.2) is 0 Å². The van der Waals surface area contributed by atoms with E-state index in [-0.39, 0.29) is 6.10 Å². The van der Waals surface area contributed by atoms with E-state index in [1.165, 1.54) is 5.56 Å². The Morgan fingerprint density at radius 1 is 1.32 bits per heavy atom. The molecule has 0 radical (unpaired) electrons. The molecule has 2 heterocycles. The number of hydrogen-bond acceptors (Lipinski definition) is 3. The normalized spacial score (nSPS) is 22.7. The van der Waals surface area contributed by atoms with E-state index in [9.17, 15) is 5.11 Å². The number of nitrogens with zero attached hydrogens (tertiary/aromatic N) is 2. The molecular weight excluding hydrogens is 276 g/mol. The summed E-state index contributed by atoms with van der Waals surface area (Å²) in [5.74, 6) is 0.613. The molecule has 0 saturated carbocycles. The van der Waals surface area contributed by atoms with Crippen LogP contribution in [0.25, 0.3) is 0 Å². The van der Waals surface area contributed by atoms with Crippen molar-refractivity contribution < 1.29 is 9.84 Å². The van der Waals surface area contributed by atoms with Gasteiger partial charge >= 0.3 is 0 Å². The first-order valence-electron chi connectivity index (χ1n) is 7.92. The van der Waals surface area contributed by atoms with Crippen LogP contribution in [0, 0.1) is 5.92 Å². The highest BCUT2D eigenvalue weighted by atomic mass is 16.5. The molecule has 2 unspecified atom stereocenters. The molecule has 1 aromatic heterocycles. The Balaban J connectivity index is 1.66. The third-order valence-electron chi connectivity index (χ3n) is 4.41. The van der Waals surface area contributed by atoms with E-state index < -0.39 is 5.60 Å². The van der Waals surface area contributed by atoms with Crippen LogP contribution in [0.5, 0.6) is 0 Å². The fourth-order valence-electron chi connectivity index (χ4n) is 3.06. The molecule has 1 fully saturated rings. The summed E-state index contributed by atoms with van der Waals surface area (Å²) in [6.45, 7) is 5.42. The van der Waals surface area contributed by atoms with Gasteiger partial charge in [-0.1, -0.05) is 24.3 Å². The Bertz CT molecular complexity index is 585. The van der Waals surface area contributed by atoms with Crippen LogP contribution < -0.4 is 0 Å². The number of rotatable bonds is 4. The monoisotopic (exact) mass is 300 g/mol. The Hall–Kier alpha value is -1.65. The molecule has 4 heteroatoms. The average molecular weight is 300 g/mol. The van der Waals surface area contributed by atoms with E-state index in [1.807, 2.05) is 30.9 Å². The maximum atomic E-state index is 10.0. The maximum absolute atomic E-state index is 10.0. The molecular formula is C18H24N2O2. The molecule has 1 aromatic carbocycles. The van der Waals surface area contributed by atoms with Gasteiger partial charge in [0.1, 0.15) is 0 Å². The number of hydrogen-bond donors (Lipinski definition) is 1. The molecule has 0 aliphatic carbocycles. The highest BCUT2D eigenvalue weighted by molar-refractivity contribution is 5.27. The van der Waals surface area contributed by atoms with Crippen molar-refractivity contribution in [2.75, 3.05) is 6.61 Å². The standard InChI is InChI=1S/C18H24N2O2/c1-18(2,21)16-5-3-15(4-6-16)17-11-14(7-10-22-17)12-20-9-8-19-13-20/h3-6,8-9,13-14,17,21H,7,10-12H2,1-2H3.